The summed E-state index contributed by atoms with van der Waals surface area (Å²) < 4.78 is 34.9. The quantitative estimate of drug-likeness (QED) is 0.587. The van der Waals surface area contributed by atoms with Crippen LogP contribution < -0.4 is 0 Å². The van der Waals surface area contributed by atoms with Crippen LogP contribution >= 0.6 is 12.8 Å². The fourth-order valence-electron chi connectivity index (χ4n) is 1.44. The van der Waals surface area contributed by atoms with Crippen LogP contribution in [0.15, 0.2) is 20.9 Å². The Balaban J connectivity index is 2.81. The maximum atomic E-state index is 13.3. The van der Waals surface area contributed by atoms with E-state index in [-0.39, 0.29) is 5.58 Å². The second-order valence-electron chi connectivity index (χ2n) is 3.10. The van der Waals surface area contributed by atoms with Crippen LogP contribution in [0.25, 0.3) is 11.0 Å². The minimum absolute atomic E-state index is 0.0390. The van der Waals surface area contributed by atoms with Crippen LogP contribution in [0.5, 0.6) is 0 Å². The lowest BCUT2D eigenvalue weighted by atomic mass is 10.1. The molecule has 0 aliphatic carbocycles. The van der Waals surface area contributed by atoms with Gasteiger partial charge in [-0.1, -0.05) is 0 Å². The summed E-state index contributed by atoms with van der Waals surface area (Å²) in [6, 6.07) is 2.01. The Kier molecular flexibility index (Phi) is 2.48. The number of furan rings is 1. The molecule has 0 atom stereocenters. The van der Waals surface area contributed by atoms with Gasteiger partial charge in [0.1, 0.15) is 11.6 Å². The van der Waals surface area contributed by atoms with Gasteiger partial charge < -0.3 is 4.42 Å². The highest BCUT2D eigenvalue weighted by atomic mass is 32.1. The van der Waals surface area contributed by atoms with Crippen molar-refractivity contribution in [1.82, 2.24) is 0 Å². The molecule has 0 radical (unpaired) electrons. The van der Waals surface area contributed by atoms with E-state index in [1.807, 2.05) is 0 Å². The predicted molar refractivity (Wildman–Crippen MR) is 57.4 cm³/mol. The summed E-state index contributed by atoms with van der Waals surface area (Å²) in [5, 5.41) is 0.413. The minimum Gasteiger partial charge on any atom is -0.452 e. The van der Waals surface area contributed by atoms with Crippen LogP contribution in [-0.4, -0.2) is 6.21 Å². The number of hydrogen-bond donors (Lipinski definition) is 1. The van der Waals surface area contributed by atoms with E-state index in [0.717, 1.165) is 6.07 Å². The van der Waals surface area contributed by atoms with Gasteiger partial charge in [0.05, 0.1) is 6.21 Å². The fourth-order valence-corrected chi connectivity index (χ4v) is 1.54. The average Bonchev–Trinajstić information content (AvgIpc) is 2.47. The van der Waals surface area contributed by atoms with Crippen molar-refractivity contribution in [3.8, 4) is 0 Å². The number of halogens is 2. The zero-order chi connectivity index (χ0) is 11.0. The van der Waals surface area contributed by atoms with E-state index in [4.69, 9.17) is 4.42 Å². The number of benzene rings is 1. The maximum Gasteiger partial charge on any atom is 0.170 e. The zero-order valence-corrected chi connectivity index (χ0v) is 8.69. The Labute approximate surface area is 90.2 Å². The number of hydrogen-bond acceptors (Lipinski definition) is 3. The number of rotatable bonds is 1. The first-order chi connectivity index (χ1) is 7.13. The first kappa shape index (κ1) is 10.2. The summed E-state index contributed by atoms with van der Waals surface area (Å²) in [7, 11) is 0. The summed E-state index contributed by atoms with van der Waals surface area (Å²) in [5.41, 5.74) is 0.679. The van der Waals surface area contributed by atoms with Crippen LogP contribution in [0.2, 0.25) is 0 Å². The van der Waals surface area contributed by atoms with Gasteiger partial charge in [-0.25, -0.2) is 13.2 Å². The molecule has 0 aliphatic rings. The van der Waals surface area contributed by atoms with Crippen molar-refractivity contribution in [3.63, 3.8) is 0 Å². The summed E-state index contributed by atoms with van der Waals surface area (Å²) in [5.74, 6) is -0.963. The van der Waals surface area contributed by atoms with Crippen molar-refractivity contribution in [3.05, 3.63) is 35.1 Å². The topological polar surface area (TPSA) is 25.5 Å². The van der Waals surface area contributed by atoms with Crippen LogP contribution in [-0.2, 0) is 0 Å². The summed E-state index contributed by atoms with van der Waals surface area (Å²) >= 11 is 3.65. The molecule has 0 N–H and O–H groups in total. The maximum absolute atomic E-state index is 13.3. The third-order valence-corrected chi connectivity index (χ3v) is 2.28. The molecule has 2 aromatic rings. The van der Waals surface area contributed by atoms with Gasteiger partial charge in [-0.15, -0.1) is 0 Å². The van der Waals surface area contributed by atoms with Crippen molar-refractivity contribution in [2.24, 2.45) is 4.40 Å². The Hall–Kier alpha value is -1.36. The Morgan fingerprint density at radius 3 is 2.80 bits per heavy atom. The van der Waals surface area contributed by atoms with Crippen LogP contribution in [0, 0.1) is 18.6 Å². The van der Waals surface area contributed by atoms with Crippen LogP contribution in [0.3, 0.4) is 0 Å². The second kappa shape index (κ2) is 3.66. The van der Waals surface area contributed by atoms with Crippen LogP contribution in [0.4, 0.5) is 8.78 Å². The van der Waals surface area contributed by atoms with Crippen LogP contribution in [0.1, 0.15) is 11.3 Å². The molecular formula is C10H7F2NOS. The second-order valence-corrected chi connectivity index (χ2v) is 3.33. The standard InChI is InChI=1S/C10H7F2NOS/c1-5-7-2-6(11)3-8(12)10(7)14-9(5)4-13-15/h2-4,15H,1H3/b13-4-. The predicted octanol–water partition coefficient (Wildman–Crippen LogP) is 3.28. The van der Waals surface area contributed by atoms with Crippen molar-refractivity contribution < 1.29 is 13.2 Å². The van der Waals surface area contributed by atoms with Crippen molar-refractivity contribution in [1.29, 1.82) is 0 Å². The van der Waals surface area contributed by atoms with Gasteiger partial charge in [-0.2, -0.15) is 0 Å². The summed E-state index contributed by atoms with van der Waals surface area (Å²) in [4.78, 5) is 0. The highest BCUT2D eigenvalue weighted by molar-refractivity contribution is 7.78. The SMILES string of the molecule is Cc1c(/C=N\S)oc2c(F)cc(F)cc12. The first-order valence-electron chi connectivity index (χ1n) is 4.19. The molecule has 1 heterocycles. The Bertz CT molecular complexity index is 548. The lowest BCUT2D eigenvalue weighted by Gasteiger charge is -1.92. The van der Waals surface area contributed by atoms with E-state index >= 15 is 0 Å². The number of nitrogens with zero attached hydrogens (tertiary/aromatic N) is 1. The fraction of sp³-hybridized carbons (Fsp3) is 0.100. The van der Waals surface area contributed by atoms with Gasteiger partial charge in [0, 0.05) is 17.0 Å². The lowest BCUT2D eigenvalue weighted by molar-refractivity contribution is 0.543. The first-order valence-corrected chi connectivity index (χ1v) is 4.59. The van der Waals surface area contributed by atoms with Gasteiger partial charge in [0.15, 0.2) is 11.4 Å². The molecule has 5 heteroatoms. The molecule has 2 rings (SSSR count). The largest absolute Gasteiger partial charge is 0.452 e. The highest BCUT2D eigenvalue weighted by Gasteiger charge is 2.13. The van der Waals surface area contributed by atoms with Crippen molar-refractivity contribution in [2.45, 2.75) is 6.92 Å². The molecule has 0 saturated heterocycles. The molecular weight excluding hydrogens is 220 g/mol. The van der Waals surface area contributed by atoms with Gasteiger partial charge in [-0.3, -0.25) is 0 Å². The van der Waals surface area contributed by atoms with E-state index in [2.05, 4.69) is 17.2 Å². The molecule has 0 unspecified atom stereocenters. The number of aryl methyl sites for hydroxylation is 1. The molecule has 0 fully saturated rings. The molecule has 15 heavy (non-hydrogen) atoms. The molecule has 0 spiro atoms. The monoisotopic (exact) mass is 227 g/mol. The third kappa shape index (κ3) is 1.63. The molecule has 1 aromatic heterocycles. The number of fused-ring (bicyclic) bond motifs is 1. The normalized spacial score (nSPS) is 11.7. The molecule has 0 amide bonds. The third-order valence-electron chi connectivity index (χ3n) is 2.17. The highest BCUT2D eigenvalue weighted by Crippen LogP contribution is 2.27. The van der Waals surface area contributed by atoms with E-state index in [9.17, 15) is 8.78 Å². The molecule has 0 saturated carbocycles. The average molecular weight is 227 g/mol. The van der Waals surface area contributed by atoms with Gasteiger partial charge in [-0.05, 0) is 25.8 Å². The van der Waals surface area contributed by atoms with E-state index in [1.54, 1.807) is 6.92 Å². The molecule has 0 bridgehead atoms. The van der Waals surface area contributed by atoms with Crippen molar-refractivity contribution in [2.75, 3.05) is 0 Å². The van der Waals surface area contributed by atoms with E-state index in [0.29, 0.717) is 16.7 Å². The van der Waals surface area contributed by atoms with E-state index < -0.39 is 11.6 Å². The Morgan fingerprint density at radius 1 is 1.40 bits per heavy atom. The lowest BCUT2D eigenvalue weighted by Crippen LogP contribution is -1.80. The summed E-state index contributed by atoms with van der Waals surface area (Å²) in [6.07, 6.45) is 1.34. The smallest absolute Gasteiger partial charge is 0.170 e. The zero-order valence-electron chi connectivity index (χ0n) is 7.79. The molecule has 1 aromatic carbocycles. The molecule has 0 aliphatic heterocycles. The Morgan fingerprint density at radius 2 is 2.13 bits per heavy atom. The summed E-state index contributed by atoms with van der Waals surface area (Å²) in [6.45, 7) is 1.70. The molecule has 2 nitrogen and oxygen atoms in total. The van der Waals surface area contributed by atoms with E-state index in [1.165, 1.54) is 12.3 Å². The minimum atomic E-state index is -0.716. The number of thiol groups is 1. The van der Waals surface area contributed by atoms with Gasteiger partial charge >= 0.3 is 0 Å². The van der Waals surface area contributed by atoms with Gasteiger partial charge in [0.25, 0.3) is 0 Å². The van der Waals surface area contributed by atoms with Gasteiger partial charge in [0.2, 0.25) is 0 Å². The molecule has 78 valence electrons. The van der Waals surface area contributed by atoms with Crippen molar-refractivity contribution >= 4 is 30.0 Å².